The molecule has 1 rings (SSSR count). The standard InChI is InChI=1S/C57H99NO8/c1-3-5-7-9-11-13-15-17-19-21-23-24-25-26-27-28-29-31-33-35-37-39-41-43-45-47-53(61)58-50(49-65-57-56(64)55(63)54(62)52(48-59)66-57)51(60)46-44-42-40-38-36-34-32-30-22-20-18-16-14-12-10-8-6-4-2/h5,7,11,13,17,19,22-24,30,36,38,44,46,50-52,54-57,59-60,62-64H,3-4,6,8-10,12,14-16,18,20-21,25-29,31-35,37,39-43,45,47-49H2,1-2H3,(H,58,61)/b7-5-,13-11-,19-17-,24-23-,30-22+,38-36+,46-44+. The van der Waals surface area contributed by atoms with Gasteiger partial charge in [0.15, 0.2) is 6.29 Å². The van der Waals surface area contributed by atoms with E-state index < -0.39 is 49.5 Å². The number of allylic oxidation sites excluding steroid dienone is 13. The van der Waals surface area contributed by atoms with E-state index in [1.807, 2.05) is 6.08 Å². The predicted octanol–water partition coefficient (Wildman–Crippen LogP) is 12.7. The summed E-state index contributed by atoms with van der Waals surface area (Å²) in [7, 11) is 0. The number of aliphatic hydroxyl groups excluding tert-OH is 5. The molecule has 0 saturated carbocycles. The molecule has 0 aromatic heterocycles. The highest BCUT2D eigenvalue weighted by atomic mass is 16.7. The van der Waals surface area contributed by atoms with Crippen LogP contribution in [-0.2, 0) is 14.3 Å². The molecule has 1 saturated heterocycles. The number of carbonyl (C=O) groups excluding carboxylic acids is 1. The molecule has 0 aromatic rings. The summed E-state index contributed by atoms with van der Waals surface area (Å²) < 4.78 is 11.2. The van der Waals surface area contributed by atoms with Crippen molar-refractivity contribution in [3.05, 3.63) is 85.1 Å². The molecular formula is C57H99NO8. The van der Waals surface area contributed by atoms with Crippen LogP contribution in [0.1, 0.15) is 213 Å². The number of carbonyl (C=O) groups is 1. The van der Waals surface area contributed by atoms with Gasteiger partial charge in [0.05, 0.1) is 25.4 Å². The van der Waals surface area contributed by atoms with Crippen LogP contribution in [0.25, 0.3) is 0 Å². The van der Waals surface area contributed by atoms with E-state index in [9.17, 15) is 30.3 Å². The molecule has 9 nitrogen and oxygen atoms in total. The van der Waals surface area contributed by atoms with E-state index >= 15 is 0 Å². The molecule has 0 radical (unpaired) electrons. The first-order valence-electron chi connectivity index (χ1n) is 26.8. The molecule has 1 heterocycles. The Morgan fingerprint density at radius 3 is 1.45 bits per heavy atom. The van der Waals surface area contributed by atoms with E-state index in [1.54, 1.807) is 6.08 Å². The normalized spacial score (nSPS) is 20.5. The molecular weight excluding hydrogens is 827 g/mol. The second-order valence-corrected chi connectivity index (χ2v) is 18.3. The van der Waals surface area contributed by atoms with E-state index in [-0.39, 0.29) is 12.5 Å². The molecule has 9 heteroatoms. The SMILES string of the molecule is CC/C=C\C/C=C\C/C=C\C/C=C\CCCCCCCCCCCCCCC(=O)NC(COC1OC(CO)C(O)C(O)C1O)C(O)/C=C/CC/C=C/CC/C=C/CCCCCCCCCC. The number of unbranched alkanes of at least 4 members (excludes halogenated alkanes) is 22. The first-order valence-corrected chi connectivity index (χ1v) is 26.8. The fraction of sp³-hybridized carbons (Fsp3) is 0.737. The zero-order chi connectivity index (χ0) is 48.0. The van der Waals surface area contributed by atoms with Crippen LogP contribution < -0.4 is 5.32 Å². The van der Waals surface area contributed by atoms with Gasteiger partial charge in [-0.1, -0.05) is 208 Å². The third kappa shape index (κ3) is 35.5. The third-order valence-corrected chi connectivity index (χ3v) is 12.2. The van der Waals surface area contributed by atoms with Gasteiger partial charge in [0.25, 0.3) is 0 Å². The van der Waals surface area contributed by atoms with E-state index in [2.05, 4.69) is 92.1 Å². The highest BCUT2D eigenvalue weighted by molar-refractivity contribution is 5.76. The van der Waals surface area contributed by atoms with Gasteiger partial charge in [-0.2, -0.15) is 0 Å². The van der Waals surface area contributed by atoms with Crippen molar-refractivity contribution in [1.82, 2.24) is 5.32 Å². The lowest BCUT2D eigenvalue weighted by atomic mass is 9.99. The fourth-order valence-electron chi connectivity index (χ4n) is 7.94. The Bertz CT molecular complexity index is 1300. The zero-order valence-electron chi connectivity index (χ0n) is 41.9. The van der Waals surface area contributed by atoms with E-state index in [4.69, 9.17) is 9.47 Å². The largest absolute Gasteiger partial charge is 0.394 e. The lowest BCUT2D eigenvalue weighted by Crippen LogP contribution is -2.60. The van der Waals surface area contributed by atoms with Gasteiger partial charge in [-0.05, 0) is 83.5 Å². The van der Waals surface area contributed by atoms with Gasteiger partial charge in [-0.3, -0.25) is 4.79 Å². The molecule has 1 aliphatic rings. The minimum absolute atomic E-state index is 0.196. The number of aliphatic hydroxyl groups is 5. The summed E-state index contributed by atoms with van der Waals surface area (Å²) >= 11 is 0. The maximum Gasteiger partial charge on any atom is 0.220 e. The summed E-state index contributed by atoms with van der Waals surface area (Å²) in [5.41, 5.74) is 0. The summed E-state index contributed by atoms with van der Waals surface area (Å²) in [6, 6.07) is -0.834. The minimum Gasteiger partial charge on any atom is -0.394 e. The maximum absolute atomic E-state index is 13.0. The van der Waals surface area contributed by atoms with Crippen LogP contribution in [0, 0.1) is 0 Å². The number of ether oxygens (including phenoxy) is 2. The molecule has 1 fully saturated rings. The molecule has 1 aliphatic heterocycles. The van der Waals surface area contributed by atoms with Crippen molar-refractivity contribution in [1.29, 1.82) is 0 Å². The van der Waals surface area contributed by atoms with E-state index in [0.717, 1.165) is 77.0 Å². The molecule has 0 aromatic carbocycles. The van der Waals surface area contributed by atoms with Crippen LogP contribution in [0.2, 0.25) is 0 Å². The Balaban J connectivity index is 2.29. The van der Waals surface area contributed by atoms with Gasteiger partial charge in [0.1, 0.15) is 24.4 Å². The van der Waals surface area contributed by atoms with Crippen LogP contribution in [0.4, 0.5) is 0 Å². The molecule has 380 valence electrons. The Hall–Kier alpha value is -2.63. The molecule has 1 amide bonds. The smallest absolute Gasteiger partial charge is 0.220 e. The fourth-order valence-corrected chi connectivity index (χ4v) is 7.94. The minimum atomic E-state index is -1.58. The van der Waals surface area contributed by atoms with Crippen molar-refractivity contribution < 1.29 is 39.8 Å². The number of nitrogens with one attached hydrogen (secondary N) is 1. The van der Waals surface area contributed by atoms with Crippen molar-refractivity contribution in [2.24, 2.45) is 0 Å². The quantitative estimate of drug-likeness (QED) is 0.0261. The maximum atomic E-state index is 13.0. The van der Waals surface area contributed by atoms with Gasteiger partial charge in [0.2, 0.25) is 5.91 Å². The lowest BCUT2D eigenvalue weighted by molar-refractivity contribution is -0.302. The lowest BCUT2D eigenvalue weighted by Gasteiger charge is -2.40. The first-order chi connectivity index (χ1) is 32.3. The van der Waals surface area contributed by atoms with Gasteiger partial charge < -0.3 is 40.3 Å². The second-order valence-electron chi connectivity index (χ2n) is 18.3. The van der Waals surface area contributed by atoms with Crippen LogP contribution in [0.5, 0.6) is 0 Å². The van der Waals surface area contributed by atoms with E-state index in [0.29, 0.717) is 6.42 Å². The topological polar surface area (TPSA) is 149 Å². The summed E-state index contributed by atoms with van der Waals surface area (Å²) in [6.07, 6.45) is 57.8. The van der Waals surface area contributed by atoms with Gasteiger partial charge >= 0.3 is 0 Å². The van der Waals surface area contributed by atoms with Crippen molar-refractivity contribution in [2.45, 2.75) is 256 Å². The Morgan fingerprint density at radius 1 is 0.530 bits per heavy atom. The molecule has 66 heavy (non-hydrogen) atoms. The number of rotatable bonds is 44. The summed E-state index contributed by atoms with van der Waals surface area (Å²) in [6.45, 7) is 3.64. The van der Waals surface area contributed by atoms with Gasteiger partial charge in [-0.15, -0.1) is 0 Å². The molecule has 0 bridgehead atoms. The molecule has 0 aliphatic carbocycles. The molecule has 7 unspecified atom stereocenters. The van der Waals surface area contributed by atoms with Crippen LogP contribution in [-0.4, -0.2) is 87.5 Å². The van der Waals surface area contributed by atoms with Crippen molar-refractivity contribution in [3.8, 4) is 0 Å². The Kier molecular flexibility index (Phi) is 42.9. The average Bonchev–Trinajstić information content (AvgIpc) is 3.32. The van der Waals surface area contributed by atoms with Crippen LogP contribution in [0.15, 0.2) is 85.1 Å². The van der Waals surface area contributed by atoms with Crippen LogP contribution in [0.3, 0.4) is 0 Å². The zero-order valence-corrected chi connectivity index (χ0v) is 41.9. The van der Waals surface area contributed by atoms with Gasteiger partial charge in [-0.25, -0.2) is 0 Å². The molecule has 0 spiro atoms. The Labute approximate surface area is 403 Å². The molecule has 6 N–H and O–H groups in total. The average molecular weight is 926 g/mol. The highest BCUT2D eigenvalue weighted by Crippen LogP contribution is 2.23. The molecule has 7 atom stereocenters. The second kappa shape index (κ2) is 46.1. The first kappa shape index (κ1) is 61.4. The predicted molar refractivity (Wildman–Crippen MR) is 276 cm³/mol. The van der Waals surface area contributed by atoms with Crippen molar-refractivity contribution >= 4 is 5.91 Å². The summed E-state index contributed by atoms with van der Waals surface area (Å²) in [4.78, 5) is 13.0. The highest BCUT2D eigenvalue weighted by Gasteiger charge is 2.44. The number of hydrogen-bond donors (Lipinski definition) is 6. The number of hydrogen-bond acceptors (Lipinski definition) is 8. The van der Waals surface area contributed by atoms with Crippen LogP contribution >= 0.6 is 0 Å². The number of amides is 1. The van der Waals surface area contributed by atoms with Crippen molar-refractivity contribution in [2.75, 3.05) is 13.2 Å². The van der Waals surface area contributed by atoms with E-state index in [1.165, 1.54) is 116 Å². The summed E-state index contributed by atoms with van der Waals surface area (Å²) in [5.74, 6) is -0.196. The Morgan fingerprint density at radius 2 is 0.955 bits per heavy atom. The summed E-state index contributed by atoms with van der Waals surface area (Å²) in [5, 5.41) is 54.4. The van der Waals surface area contributed by atoms with Gasteiger partial charge in [0, 0.05) is 6.42 Å². The monoisotopic (exact) mass is 926 g/mol. The van der Waals surface area contributed by atoms with Crippen molar-refractivity contribution in [3.63, 3.8) is 0 Å². The third-order valence-electron chi connectivity index (χ3n) is 12.2.